The highest BCUT2D eigenvalue weighted by Gasteiger charge is 2.48. The van der Waals surface area contributed by atoms with Crippen LogP contribution >= 0.6 is 0 Å². The Kier molecular flexibility index (Phi) is 2.97. The summed E-state index contributed by atoms with van der Waals surface area (Å²) < 4.78 is 0. The van der Waals surface area contributed by atoms with Crippen LogP contribution in [0, 0.1) is 17.8 Å². The average Bonchev–Trinajstić information content (AvgIpc) is 2.58. The van der Waals surface area contributed by atoms with Gasteiger partial charge in [0.1, 0.15) is 5.60 Å². The zero-order valence-electron chi connectivity index (χ0n) is 10.4. The number of rotatable bonds is 2. The lowest BCUT2D eigenvalue weighted by molar-refractivity contribution is -0.168. The fraction of sp³-hybridized carbons (Fsp3) is 0.917. The van der Waals surface area contributed by atoms with Crippen molar-refractivity contribution in [2.24, 2.45) is 17.8 Å². The van der Waals surface area contributed by atoms with Gasteiger partial charge in [0, 0.05) is 6.54 Å². The van der Waals surface area contributed by atoms with Gasteiger partial charge in [-0.1, -0.05) is 20.8 Å². The minimum atomic E-state index is -0.648. The van der Waals surface area contributed by atoms with Crippen LogP contribution < -0.4 is 5.32 Å². The van der Waals surface area contributed by atoms with Crippen LogP contribution in [0.2, 0.25) is 0 Å². The van der Waals surface area contributed by atoms with Crippen LogP contribution in [0.5, 0.6) is 0 Å². The van der Waals surface area contributed by atoms with Gasteiger partial charge in [0.2, 0.25) is 5.91 Å². The number of amides is 1. The van der Waals surface area contributed by atoms with E-state index in [-0.39, 0.29) is 17.7 Å². The Labute approximate surface area is 97.0 Å². The molecule has 0 bridgehead atoms. The molecular weight excluding hydrogens is 204 g/mol. The lowest BCUT2D eigenvalue weighted by atomic mass is 9.81. The summed E-state index contributed by atoms with van der Waals surface area (Å²) in [4.78, 5) is 13.9. The molecule has 16 heavy (non-hydrogen) atoms. The molecule has 2 N–H and O–H groups in total. The van der Waals surface area contributed by atoms with Gasteiger partial charge < -0.3 is 15.3 Å². The first-order valence-corrected chi connectivity index (χ1v) is 6.16. The number of aliphatic hydroxyl groups is 1. The lowest BCUT2D eigenvalue weighted by Crippen LogP contribution is -2.67. The third-order valence-electron chi connectivity index (χ3n) is 4.15. The van der Waals surface area contributed by atoms with Crippen LogP contribution in [-0.4, -0.2) is 47.7 Å². The fourth-order valence-corrected chi connectivity index (χ4v) is 2.51. The highest BCUT2D eigenvalue weighted by atomic mass is 16.3. The van der Waals surface area contributed by atoms with E-state index in [0.717, 1.165) is 13.1 Å². The van der Waals surface area contributed by atoms with Gasteiger partial charge in [-0.15, -0.1) is 0 Å². The van der Waals surface area contributed by atoms with E-state index in [9.17, 15) is 9.90 Å². The van der Waals surface area contributed by atoms with Crippen molar-refractivity contribution in [2.45, 2.75) is 26.4 Å². The zero-order chi connectivity index (χ0) is 11.9. The Hall–Kier alpha value is -0.610. The molecule has 0 aromatic rings. The van der Waals surface area contributed by atoms with E-state index < -0.39 is 5.60 Å². The molecule has 2 aliphatic rings. The summed E-state index contributed by atoms with van der Waals surface area (Å²) in [5.74, 6) is 0.954. The van der Waals surface area contributed by atoms with Crippen molar-refractivity contribution in [1.82, 2.24) is 10.2 Å². The van der Waals surface area contributed by atoms with Crippen molar-refractivity contribution in [2.75, 3.05) is 26.2 Å². The SMILES string of the molecule is CC1CNCC1C(=O)N1CC(O)(C(C)C)C1. The minimum Gasteiger partial charge on any atom is -0.386 e. The van der Waals surface area contributed by atoms with Crippen molar-refractivity contribution >= 4 is 5.91 Å². The maximum Gasteiger partial charge on any atom is 0.227 e. The number of likely N-dealkylation sites (tertiary alicyclic amines) is 1. The third kappa shape index (κ3) is 1.84. The fourth-order valence-electron chi connectivity index (χ4n) is 2.51. The number of β-amino-alcohol motifs (C(OH)–C–C–N with tert-alkyl or cyclic N) is 1. The van der Waals surface area contributed by atoms with E-state index in [1.807, 2.05) is 13.8 Å². The number of carbonyl (C=O) groups is 1. The highest BCUT2D eigenvalue weighted by molar-refractivity contribution is 5.81. The molecule has 2 unspecified atom stereocenters. The Morgan fingerprint density at radius 2 is 2.06 bits per heavy atom. The van der Waals surface area contributed by atoms with E-state index >= 15 is 0 Å². The van der Waals surface area contributed by atoms with Crippen molar-refractivity contribution in [3.05, 3.63) is 0 Å². The third-order valence-corrected chi connectivity index (χ3v) is 4.15. The molecule has 0 aromatic heterocycles. The molecule has 4 heteroatoms. The predicted molar refractivity (Wildman–Crippen MR) is 61.9 cm³/mol. The highest BCUT2D eigenvalue weighted by Crippen LogP contribution is 2.31. The summed E-state index contributed by atoms with van der Waals surface area (Å²) in [6, 6.07) is 0. The van der Waals surface area contributed by atoms with Gasteiger partial charge in [-0.25, -0.2) is 0 Å². The number of nitrogens with one attached hydrogen (secondary N) is 1. The minimum absolute atomic E-state index is 0.108. The molecule has 0 aromatic carbocycles. The van der Waals surface area contributed by atoms with Crippen molar-refractivity contribution in [3.63, 3.8) is 0 Å². The molecule has 2 atom stereocenters. The van der Waals surface area contributed by atoms with E-state index in [4.69, 9.17) is 0 Å². The van der Waals surface area contributed by atoms with Crippen LogP contribution in [0.25, 0.3) is 0 Å². The van der Waals surface area contributed by atoms with E-state index in [2.05, 4.69) is 12.2 Å². The smallest absolute Gasteiger partial charge is 0.227 e. The lowest BCUT2D eigenvalue weighted by Gasteiger charge is -2.50. The van der Waals surface area contributed by atoms with Crippen LogP contribution in [0.3, 0.4) is 0 Å². The van der Waals surface area contributed by atoms with Crippen molar-refractivity contribution in [1.29, 1.82) is 0 Å². The average molecular weight is 226 g/mol. The number of carbonyl (C=O) groups excluding carboxylic acids is 1. The summed E-state index contributed by atoms with van der Waals surface area (Å²) in [5.41, 5.74) is -0.648. The molecule has 2 saturated heterocycles. The topological polar surface area (TPSA) is 52.6 Å². The normalized spacial score (nSPS) is 32.9. The molecule has 0 radical (unpaired) electrons. The second kappa shape index (κ2) is 4.00. The van der Waals surface area contributed by atoms with E-state index in [1.54, 1.807) is 4.90 Å². The van der Waals surface area contributed by atoms with Gasteiger partial charge in [0.25, 0.3) is 0 Å². The van der Waals surface area contributed by atoms with Gasteiger partial charge in [-0.3, -0.25) is 4.79 Å². The molecule has 0 spiro atoms. The summed E-state index contributed by atoms with van der Waals surface area (Å²) in [6.07, 6.45) is 0. The molecular formula is C12H22N2O2. The van der Waals surface area contributed by atoms with E-state index in [0.29, 0.717) is 19.0 Å². The maximum absolute atomic E-state index is 12.1. The summed E-state index contributed by atoms with van der Waals surface area (Å²) in [5, 5.41) is 13.3. The summed E-state index contributed by atoms with van der Waals surface area (Å²) in [7, 11) is 0. The molecule has 1 amide bonds. The maximum atomic E-state index is 12.1. The van der Waals surface area contributed by atoms with Crippen LogP contribution in [-0.2, 0) is 4.79 Å². The van der Waals surface area contributed by atoms with Crippen molar-refractivity contribution in [3.8, 4) is 0 Å². The first kappa shape index (κ1) is 11.9. The van der Waals surface area contributed by atoms with Crippen LogP contribution in [0.4, 0.5) is 0 Å². The standard InChI is InChI=1S/C12H22N2O2/c1-8(2)12(16)6-14(7-12)11(15)10-5-13-4-9(10)3/h8-10,13,16H,4-7H2,1-3H3. The Morgan fingerprint density at radius 3 is 2.50 bits per heavy atom. The second-order valence-electron chi connectivity index (χ2n) is 5.69. The molecule has 2 rings (SSSR count). The summed E-state index contributed by atoms with van der Waals surface area (Å²) >= 11 is 0. The van der Waals surface area contributed by atoms with Gasteiger partial charge in [-0.2, -0.15) is 0 Å². The second-order valence-corrected chi connectivity index (χ2v) is 5.69. The zero-order valence-corrected chi connectivity index (χ0v) is 10.4. The number of hydrogen-bond donors (Lipinski definition) is 2. The first-order valence-electron chi connectivity index (χ1n) is 6.16. The van der Waals surface area contributed by atoms with Crippen LogP contribution in [0.1, 0.15) is 20.8 Å². The van der Waals surface area contributed by atoms with Gasteiger partial charge >= 0.3 is 0 Å². The Balaban J connectivity index is 1.90. The molecule has 2 heterocycles. The summed E-state index contributed by atoms with van der Waals surface area (Å²) in [6.45, 7) is 8.84. The molecule has 92 valence electrons. The molecule has 4 nitrogen and oxygen atoms in total. The molecule has 0 saturated carbocycles. The quantitative estimate of drug-likeness (QED) is 0.700. The monoisotopic (exact) mass is 226 g/mol. The Morgan fingerprint density at radius 1 is 1.44 bits per heavy atom. The van der Waals surface area contributed by atoms with E-state index in [1.165, 1.54) is 0 Å². The molecule has 0 aliphatic carbocycles. The van der Waals surface area contributed by atoms with Gasteiger partial charge in [0.05, 0.1) is 19.0 Å². The molecule has 2 fully saturated rings. The number of hydrogen-bond acceptors (Lipinski definition) is 3. The molecule has 2 aliphatic heterocycles. The van der Waals surface area contributed by atoms with Crippen LogP contribution in [0.15, 0.2) is 0 Å². The Bertz CT molecular complexity index is 285. The van der Waals surface area contributed by atoms with Crippen molar-refractivity contribution < 1.29 is 9.90 Å². The van der Waals surface area contributed by atoms with Gasteiger partial charge in [0.15, 0.2) is 0 Å². The number of nitrogens with zero attached hydrogens (tertiary/aromatic N) is 1. The largest absolute Gasteiger partial charge is 0.386 e. The van der Waals surface area contributed by atoms with Gasteiger partial charge in [-0.05, 0) is 18.4 Å². The predicted octanol–water partition coefficient (Wildman–Crippen LogP) is 0.0712. The first-order chi connectivity index (χ1) is 7.44.